The number of carbonyl (C=O) groups is 2. The fourth-order valence-electron chi connectivity index (χ4n) is 5.34. The Hall–Kier alpha value is -4.15. The summed E-state index contributed by atoms with van der Waals surface area (Å²) < 4.78 is 0. The van der Waals surface area contributed by atoms with Crippen LogP contribution in [0, 0.1) is 11.3 Å². The highest BCUT2D eigenvalue weighted by molar-refractivity contribution is 5.94. The largest absolute Gasteiger partial charge is 0.367 e. The molecule has 0 radical (unpaired) electrons. The van der Waals surface area contributed by atoms with Gasteiger partial charge >= 0.3 is 0 Å². The van der Waals surface area contributed by atoms with Crippen molar-refractivity contribution in [3.8, 4) is 6.07 Å². The highest BCUT2D eigenvalue weighted by atomic mass is 16.2. The van der Waals surface area contributed by atoms with Crippen LogP contribution in [0.25, 0.3) is 0 Å². The Balaban J connectivity index is 0.00000111. The number of rotatable bonds is 6. The van der Waals surface area contributed by atoms with E-state index < -0.39 is 0 Å². The number of nitriles is 1. The number of para-hydroxylation sites is 1. The lowest BCUT2D eigenvalue weighted by molar-refractivity contribution is -0.136. The van der Waals surface area contributed by atoms with Crippen LogP contribution in [0.15, 0.2) is 84.9 Å². The minimum absolute atomic E-state index is 0.103. The van der Waals surface area contributed by atoms with Gasteiger partial charge in [-0.3, -0.25) is 14.5 Å². The van der Waals surface area contributed by atoms with Crippen molar-refractivity contribution < 1.29 is 9.59 Å². The van der Waals surface area contributed by atoms with E-state index in [1.807, 2.05) is 93.3 Å². The number of nitrogens with one attached hydrogen (secondary N) is 1. The SMILES string of the molecule is CC.CC.N#Cc1ccccc1N1CCN(C(=O)[C@@H]2C[C@H](NC(=O)c3ccccc3)CN2Cc2ccccc2)CC1. The summed E-state index contributed by atoms with van der Waals surface area (Å²) >= 11 is 0. The minimum atomic E-state index is -0.292. The van der Waals surface area contributed by atoms with Crippen LogP contribution in [-0.4, -0.2) is 66.4 Å². The first-order valence-electron chi connectivity index (χ1n) is 14.8. The first kappa shape index (κ1) is 31.4. The third-order valence-corrected chi connectivity index (χ3v) is 7.24. The van der Waals surface area contributed by atoms with Gasteiger partial charge in [0.25, 0.3) is 5.91 Å². The van der Waals surface area contributed by atoms with Crippen LogP contribution in [0.1, 0.15) is 55.6 Å². The molecule has 2 aliphatic heterocycles. The summed E-state index contributed by atoms with van der Waals surface area (Å²) in [6, 6.07) is 28.8. The molecule has 7 heteroatoms. The van der Waals surface area contributed by atoms with Crippen LogP contribution < -0.4 is 10.2 Å². The van der Waals surface area contributed by atoms with E-state index in [-0.39, 0.29) is 23.9 Å². The van der Waals surface area contributed by atoms with Gasteiger partial charge in [-0.2, -0.15) is 5.26 Å². The van der Waals surface area contributed by atoms with Gasteiger partial charge in [0.2, 0.25) is 5.91 Å². The zero-order chi connectivity index (χ0) is 29.6. The summed E-state index contributed by atoms with van der Waals surface area (Å²) in [6.07, 6.45) is 0.585. The smallest absolute Gasteiger partial charge is 0.251 e. The Labute approximate surface area is 245 Å². The normalized spacial score (nSPS) is 18.2. The van der Waals surface area contributed by atoms with Crippen LogP contribution in [0.2, 0.25) is 0 Å². The highest BCUT2D eigenvalue weighted by Gasteiger charge is 2.40. The maximum absolute atomic E-state index is 13.8. The van der Waals surface area contributed by atoms with Crippen molar-refractivity contribution in [3.05, 3.63) is 102 Å². The van der Waals surface area contributed by atoms with Crippen molar-refractivity contribution in [2.24, 2.45) is 0 Å². The number of hydrogen-bond donors (Lipinski definition) is 1. The first-order chi connectivity index (χ1) is 20.1. The number of amides is 2. The number of likely N-dealkylation sites (tertiary alicyclic amines) is 1. The minimum Gasteiger partial charge on any atom is -0.367 e. The molecule has 0 spiro atoms. The predicted molar refractivity (Wildman–Crippen MR) is 166 cm³/mol. The second kappa shape index (κ2) is 16.2. The molecule has 0 unspecified atom stereocenters. The van der Waals surface area contributed by atoms with E-state index in [1.54, 1.807) is 12.1 Å². The van der Waals surface area contributed by atoms with Crippen molar-refractivity contribution in [1.82, 2.24) is 15.1 Å². The molecule has 216 valence electrons. The molecule has 0 aliphatic carbocycles. The van der Waals surface area contributed by atoms with Gasteiger partial charge in [0.15, 0.2) is 0 Å². The van der Waals surface area contributed by atoms with Gasteiger partial charge in [-0.15, -0.1) is 0 Å². The van der Waals surface area contributed by atoms with Gasteiger partial charge in [0.1, 0.15) is 6.07 Å². The molecule has 0 aromatic heterocycles. The molecule has 2 atom stereocenters. The molecule has 2 heterocycles. The monoisotopic (exact) mass is 553 g/mol. The van der Waals surface area contributed by atoms with E-state index in [1.165, 1.54) is 0 Å². The highest BCUT2D eigenvalue weighted by Crippen LogP contribution is 2.25. The number of carbonyl (C=O) groups excluding carboxylic acids is 2. The molecule has 0 bridgehead atoms. The van der Waals surface area contributed by atoms with E-state index in [0.29, 0.717) is 56.8 Å². The fraction of sp³-hybridized carbons (Fsp3) is 0.382. The Bertz CT molecular complexity index is 1270. The molecule has 2 saturated heterocycles. The Morgan fingerprint density at radius 1 is 0.829 bits per heavy atom. The molecule has 0 saturated carbocycles. The molecular weight excluding hydrogens is 510 g/mol. The molecule has 2 amide bonds. The summed E-state index contributed by atoms with van der Waals surface area (Å²) in [7, 11) is 0. The lowest BCUT2D eigenvalue weighted by atomic mass is 10.1. The molecule has 2 aliphatic rings. The van der Waals surface area contributed by atoms with Gasteiger partial charge in [0, 0.05) is 50.9 Å². The summed E-state index contributed by atoms with van der Waals surface area (Å²) in [5, 5.41) is 12.6. The summed E-state index contributed by atoms with van der Waals surface area (Å²) in [5.74, 6) is 0.00346. The average molecular weight is 554 g/mol. The van der Waals surface area contributed by atoms with Crippen molar-refractivity contribution in [2.75, 3.05) is 37.6 Å². The second-order valence-corrected chi connectivity index (χ2v) is 9.64. The van der Waals surface area contributed by atoms with Gasteiger partial charge in [-0.25, -0.2) is 0 Å². The van der Waals surface area contributed by atoms with Gasteiger partial charge in [-0.1, -0.05) is 88.4 Å². The Morgan fingerprint density at radius 3 is 2.05 bits per heavy atom. The maximum Gasteiger partial charge on any atom is 0.251 e. The van der Waals surface area contributed by atoms with Crippen molar-refractivity contribution >= 4 is 17.5 Å². The van der Waals surface area contributed by atoms with E-state index in [9.17, 15) is 14.9 Å². The average Bonchev–Trinajstić information content (AvgIpc) is 3.45. The topological polar surface area (TPSA) is 79.7 Å². The van der Waals surface area contributed by atoms with Gasteiger partial charge < -0.3 is 15.1 Å². The number of nitrogens with zero attached hydrogens (tertiary/aromatic N) is 4. The molecule has 41 heavy (non-hydrogen) atoms. The quantitative estimate of drug-likeness (QED) is 0.446. The second-order valence-electron chi connectivity index (χ2n) is 9.64. The van der Waals surface area contributed by atoms with Crippen LogP contribution in [0.5, 0.6) is 0 Å². The molecule has 7 nitrogen and oxygen atoms in total. The molecule has 5 rings (SSSR count). The number of benzene rings is 3. The standard InChI is InChI=1S/C30H31N5O2.2C2H6/c31-20-25-13-7-8-14-27(25)33-15-17-34(18-16-33)30(37)28-19-26(32-29(36)24-11-5-2-6-12-24)22-35(28)21-23-9-3-1-4-10-23;2*1-2/h1-14,26,28H,15-19,21-22H2,(H,32,36);2*1-2H3/t26-,28-;;/m0../s1. The Kier molecular flexibility index (Phi) is 12.4. The number of hydrogen-bond acceptors (Lipinski definition) is 5. The number of anilines is 1. The van der Waals surface area contributed by atoms with Crippen LogP contribution >= 0.6 is 0 Å². The molecular formula is C34H43N5O2. The predicted octanol–water partition coefficient (Wildman–Crippen LogP) is 5.33. The summed E-state index contributed by atoms with van der Waals surface area (Å²) in [4.78, 5) is 32.9. The Morgan fingerprint density at radius 2 is 1.41 bits per heavy atom. The molecule has 1 N–H and O–H groups in total. The summed E-state index contributed by atoms with van der Waals surface area (Å²) in [6.45, 7) is 11.9. The van der Waals surface area contributed by atoms with E-state index in [2.05, 4.69) is 33.3 Å². The van der Waals surface area contributed by atoms with Gasteiger partial charge in [0.05, 0.1) is 17.3 Å². The molecule has 2 fully saturated rings. The van der Waals surface area contributed by atoms with Crippen molar-refractivity contribution in [3.63, 3.8) is 0 Å². The van der Waals surface area contributed by atoms with E-state index >= 15 is 0 Å². The molecule has 3 aromatic carbocycles. The van der Waals surface area contributed by atoms with Crippen molar-refractivity contribution in [2.45, 2.75) is 52.7 Å². The van der Waals surface area contributed by atoms with Crippen molar-refractivity contribution in [1.29, 1.82) is 5.26 Å². The zero-order valence-corrected chi connectivity index (χ0v) is 24.8. The fourth-order valence-corrected chi connectivity index (χ4v) is 5.34. The third kappa shape index (κ3) is 8.18. The first-order valence-corrected chi connectivity index (χ1v) is 14.8. The summed E-state index contributed by atoms with van der Waals surface area (Å²) in [5.41, 5.74) is 3.35. The van der Waals surface area contributed by atoms with Crippen LogP contribution in [0.3, 0.4) is 0 Å². The lowest BCUT2D eigenvalue weighted by Gasteiger charge is -2.38. The van der Waals surface area contributed by atoms with Gasteiger partial charge in [-0.05, 0) is 36.2 Å². The zero-order valence-electron chi connectivity index (χ0n) is 24.8. The van der Waals surface area contributed by atoms with E-state index in [4.69, 9.17) is 0 Å². The molecule has 3 aromatic rings. The maximum atomic E-state index is 13.8. The van der Waals surface area contributed by atoms with Crippen LogP contribution in [-0.2, 0) is 11.3 Å². The number of piperazine rings is 1. The lowest BCUT2D eigenvalue weighted by Crippen LogP contribution is -2.53. The third-order valence-electron chi connectivity index (χ3n) is 7.24. The van der Waals surface area contributed by atoms with E-state index in [0.717, 1.165) is 11.3 Å². The van der Waals surface area contributed by atoms with Crippen LogP contribution in [0.4, 0.5) is 5.69 Å².